The van der Waals surface area contributed by atoms with Crippen molar-refractivity contribution >= 4 is 0 Å². The number of benzene rings is 1. The lowest BCUT2D eigenvalue weighted by Crippen LogP contribution is -2.47. The summed E-state index contributed by atoms with van der Waals surface area (Å²) in [5.41, 5.74) is 7.34. The second kappa shape index (κ2) is 5.46. The quantitative estimate of drug-likeness (QED) is 0.826. The number of nitrogens with two attached hydrogens (primary N) is 1. The van der Waals surface area contributed by atoms with Crippen molar-refractivity contribution in [2.24, 2.45) is 5.73 Å². The van der Waals surface area contributed by atoms with E-state index in [9.17, 15) is 0 Å². The molecule has 0 saturated heterocycles. The molecule has 2 nitrogen and oxygen atoms in total. The third kappa shape index (κ3) is 3.32. The van der Waals surface area contributed by atoms with Crippen molar-refractivity contribution in [1.29, 1.82) is 0 Å². The average Bonchev–Trinajstić information content (AvgIpc) is 2.27. The minimum absolute atomic E-state index is 0.276. The van der Waals surface area contributed by atoms with Gasteiger partial charge in [0.05, 0.1) is 5.54 Å². The lowest BCUT2D eigenvalue weighted by molar-refractivity contribution is 0.185. The first-order valence-electron chi connectivity index (χ1n) is 6.06. The molecule has 1 unspecified atom stereocenters. The molecule has 0 bridgehead atoms. The molecule has 0 aromatic heterocycles. The first-order valence-corrected chi connectivity index (χ1v) is 6.06. The molecule has 0 heterocycles. The van der Waals surface area contributed by atoms with E-state index in [4.69, 9.17) is 5.73 Å². The lowest BCUT2D eigenvalue weighted by Gasteiger charge is -2.34. The molecule has 0 spiro atoms. The van der Waals surface area contributed by atoms with Crippen LogP contribution in [0.3, 0.4) is 0 Å². The Labute approximate surface area is 99.5 Å². The summed E-state index contributed by atoms with van der Waals surface area (Å²) in [4.78, 5) is 2.40. The van der Waals surface area contributed by atoms with Crippen molar-refractivity contribution in [3.63, 3.8) is 0 Å². The Kier molecular flexibility index (Phi) is 4.51. The van der Waals surface area contributed by atoms with E-state index in [1.807, 2.05) is 18.2 Å². The summed E-state index contributed by atoms with van der Waals surface area (Å²) in [5.74, 6) is 0. The molecule has 0 aliphatic carbocycles. The SMILES string of the molecule is CCN(CC(C)(N)c1ccccc1)C(C)C. The fourth-order valence-corrected chi connectivity index (χ4v) is 1.99. The summed E-state index contributed by atoms with van der Waals surface area (Å²) in [5, 5.41) is 0. The van der Waals surface area contributed by atoms with Crippen LogP contribution in [0.2, 0.25) is 0 Å². The van der Waals surface area contributed by atoms with Crippen LogP contribution in [0, 0.1) is 0 Å². The first kappa shape index (κ1) is 13.2. The Morgan fingerprint density at radius 3 is 2.25 bits per heavy atom. The smallest absolute Gasteiger partial charge is 0.0510 e. The molecule has 0 aliphatic heterocycles. The van der Waals surface area contributed by atoms with Gasteiger partial charge >= 0.3 is 0 Å². The van der Waals surface area contributed by atoms with Crippen molar-refractivity contribution < 1.29 is 0 Å². The normalized spacial score (nSPS) is 15.4. The predicted octanol–water partition coefficient (Wildman–Crippen LogP) is 2.59. The molecule has 1 rings (SSSR count). The van der Waals surface area contributed by atoms with Crippen molar-refractivity contribution in [3.8, 4) is 0 Å². The third-order valence-electron chi connectivity index (χ3n) is 3.10. The second-order valence-electron chi connectivity index (χ2n) is 4.94. The Balaban J connectivity index is 2.78. The summed E-state index contributed by atoms with van der Waals surface area (Å²) in [6.07, 6.45) is 0. The van der Waals surface area contributed by atoms with Crippen LogP contribution in [0.25, 0.3) is 0 Å². The molecule has 1 aromatic carbocycles. The molecule has 1 atom stereocenters. The van der Waals surface area contributed by atoms with E-state index in [0.717, 1.165) is 13.1 Å². The van der Waals surface area contributed by atoms with Crippen molar-refractivity contribution in [2.45, 2.75) is 39.3 Å². The van der Waals surface area contributed by atoms with Gasteiger partial charge in [0.1, 0.15) is 0 Å². The highest BCUT2D eigenvalue weighted by molar-refractivity contribution is 5.23. The number of rotatable bonds is 5. The summed E-state index contributed by atoms with van der Waals surface area (Å²) < 4.78 is 0. The maximum absolute atomic E-state index is 6.41. The van der Waals surface area contributed by atoms with Crippen LogP contribution >= 0.6 is 0 Å². The van der Waals surface area contributed by atoms with Gasteiger partial charge in [-0.15, -0.1) is 0 Å². The van der Waals surface area contributed by atoms with E-state index in [1.54, 1.807) is 0 Å². The monoisotopic (exact) mass is 220 g/mol. The highest BCUT2D eigenvalue weighted by atomic mass is 15.2. The van der Waals surface area contributed by atoms with Gasteiger partial charge in [0.25, 0.3) is 0 Å². The molecule has 1 aromatic rings. The zero-order chi connectivity index (χ0) is 12.2. The van der Waals surface area contributed by atoms with Gasteiger partial charge in [-0.3, -0.25) is 4.90 Å². The molecule has 16 heavy (non-hydrogen) atoms. The Morgan fingerprint density at radius 2 is 1.81 bits per heavy atom. The molecule has 0 saturated carbocycles. The highest BCUT2D eigenvalue weighted by Crippen LogP contribution is 2.19. The van der Waals surface area contributed by atoms with E-state index >= 15 is 0 Å². The summed E-state index contributed by atoms with van der Waals surface area (Å²) in [6, 6.07) is 10.9. The van der Waals surface area contributed by atoms with Crippen LogP contribution in [0.5, 0.6) is 0 Å². The van der Waals surface area contributed by atoms with E-state index in [2.05, 4.69) is 44.7 Å². The Bertz CT molecular complexity index is 304. The molecule has 0 aliphatic rings. The van der Waals surface area contributed by atoms with E-state index in [1.165, 1.54) is 5.56 Å². The Hall–Kier alpha value is -0.860. The topological polar surface area (TPSA) is 29.3 Å². The summed E-state index contributed by atoms with van der Waals surface area (Å²) in [7, 11) is 0. The van der Waals surface area contributed by atoms with E-state index in [0.29, 0.717) is 6.04 Å². The molecular formula is C14H24N2. The molecular weight excluding hydrogens is 196 g/mol. The van der Waals surface area contributed by atoms with Gasteiger partial charge in [-0.1, -0.05) is 37.3 Å². The molecule has 2 N–H and O–H groups in total. The van der Waals surface area contributed by atoms with Gasteiger partial charge in [-0.05, 0) is 32.9 Å². The van der Waals surface area contributed by atoms with Crippen LogP contribution in [0.15, 0.2) is 30.3 Å². The molecule has 0 amide bonds. The molecule has 0 radical (unpaired) electrons. The Morgan fingerprint density at radius 1 is 1.25 bits per heavy atom. The fraction of sp³-hybridized carbons (Fsp3) is 0.571. The van der Waals surface area contributed by atoms with Gasteiger partial charge in [0, 0.05) is 12.6 Å². The maximum Gasteiger partial charge on any atom is 0.0510 e. The van der Waals surface area contributed by atoms with Crippen LogP contribution in [0.4, 0.5) is 0 Å². The highest BCUT2D eigenvalue weighted by Gasteiger charge is 2.24. The molecule has 2 heteroatoms. The number of nitrogens with zero attached hydrogens (tertiary/aromatic N) is 1. The van der Waals surface area contributed by atoms with Gasteiger partial charge in [-0.25, -0.2) is 0 Å². The van der Waals surface area contributed by atoms with Gasteiger partial charge in [0.15, 0.2) is 0 Å². The summed E-state index contributed by atoms with van der Waals surface area (Å²) >= 11 is 0. The average molecular weight is 220 g/mol. The van der Waals surface area contributed by atoms with Crippen molar-refractivity contribution in [3.05, 3.63) is 35.9 Å². The van der Waals surface area contributed by atoms with Crippen molar-refractivity contribution in [1.82, 2.24) is 4.90 Å². The largest absolute Gasteiger partial charge is 0.321 e. The van der Waals surface area contributed by atoms with E-state index in [-0.39, 0.29) is 5.54 Å². The number of hydrogen-bond donors (Lipinski definition) is 1. The van der Waals surface area contributed by atoms with Crippen molar-refractivity contribution in [2.75, 3.05) is 13.1 Å². The molecule has 0 fully saturated rings. The standard InChI is InChI=1S/C14H24N2/c1-5-16(12(2)3)11-14(4,15)13-9-7-6-8-10-13/h6-10,12H,5,11,15H2,1-4H3. The van der Waals surface area contributed by atoms with Crippen LogP contribution in [-0.2, 0) is 5.54 Å². The summed E-state index contributed by atoms with van der Waals surface area (Å²) in [6.45, 7) is 10.6. The first-order chi connectivity index (χ1) is 7.47. The number of likely N-dealkylation sites (N-methyl/N-ethyl adjacent to an activating group) is 1. The van der Waals surface area contributed by atoms with Gasteiger partial charge < -0.3 is 5.73 Å². The number of hydrogen-bond acceptors (Lipinski definition) is 2. The van der Waals surface area contributed by atoms with Gasteiger partial charge in [0.2, 0.25) is 0 Å². The van der Waals surface area contributed by atoms with E-state index < -0.39 is 0 Å². The third-order valence-corrected chi connectivity index (χ3v) is 3.10. The second-order valence-corrected chi connectivity index (χ2v) is 4.94. The predicted molar refractivity (Wildman–Crippen MR) is 70.4 cm³/mol. The van der Waals surface area contributed by atoms with Crippen LogP contribution < -0.4 is 5.73 Å². The van der Waals surface area contributed by atoms with Crippen LogP contribution in [0.1, 0.15) is 33.3 Å². The molecule has 90 valence electrons. The van der Waals surface area contributed by atoms with Gasteiger partial charge in [-0.2, -0.15) is 0 Å². The lowest BCUT2D eigenvalue weighted by atomic mass is 9.92. The zero-order valence-electron chi connectivity index (χ0n) is 10.9. The van der Waals surface area contributed by atoms with Crippen LogP contribution in [-0.4, -0.2) is 24.0 Å². The maximum atomic E-state index is 6.41. The minimum atomic E-state index is -0.276. The minimum Gasteiger partial charge on any atom is -0.321 e. The fourth-order valence-electron chi connectivity index (χ4n) is 1.99. The zero-order valence-corrected chi connectivity index (χ0v) is 10.9.